The van der Waals surface area contributed by atoms with E-state index in [0.717, 1.165) is 5.56 Å². The van der Waals surface area contributed by atoms with E-state index in [1.54, 1.807) is 6.07 Å². The molecule has 0 spiro atoms. The molecule has 72 valence electrons. The van der Waals surface area contributed by atoms with Gasteiger partial charge in [0, 0.05) is 11.6 Å². The third-order valence-corrected chi connectivity index (χ3v) is 2.25. The predicted molar refractivity (Wildman–Crippen MR) is 51.4 cm³/mol. The van der Waals surface area contributed by atoms with Crippen molar-refractivity contribution in [2.24, 2.45) is 5.92 Å². The van der Waals surface area contributed by atoms with Gasteiger partial charge in [0.05, 0.1) is 0 Å². The van der Waals surface area contributed by atoms with E-state index in [-0.39, 0.29) is 18.3 Å². The molecule has 0 aliphatic carbocycles. The van der Waals surface area contributed by atoms with Gasteiger partial charge in [-0.3, -0.25) is 0 Å². The minimum absolute atomic E-state index is 0.119. The Hall–Kier alpha value is -0.600. The first-order valence-corrected chi connectivity index (χ1v) is 4.56. The van der Waals surface area contributed by atoms with E-state index in [1.165, 1.54) is 12.1 Å². The van der Waals surface area contributed by atoms with Crippen molar-refractivity contribution in [2.45, 2.75) is 13.3 Å². The highest BCUT2D eigenvalue weighted by molar-refractivity contribution is 6.31. The quantitative estimate of drug-likeness (QED) is 0.799. The Morgan fingerprint density at radius 1 is 1.54 bits per heavy atom. The van der Waals surface area contributed by atoms with Gasteiger partial charge in [-0.1, -0.05) is 24.6 Å². The SMILES string of the molecule is CC(CO)Cc1ccc(F)cc1Cl. The lowest BCUT2D eigenvalue weighted by atomic mass is 10.0. The average Bonchev–Trinajstić information content (AvgIpc) is 2.09. The van der Waals surface area contributed by atoms with Crippen LogP contribution >= 0.6 is 11.6 Å². The van der Waals surface area contributed by atoms with Gasteiger partial charge >= 0.3 is 0 Å². The van der Waals surface area contributed by atoms with Crippen molar-refractivity contribution in [2.75, 3.05) is 6.61 Å². The largest absolute Gasteiger partial charge is 0.396 e. The molecule has 0 amide bonds. The number of aliphatic hydroxyl groups is 1. The summed E-state index contributed by atoms with van der Waals surface area (Å²) in [6.07, 6.45) is 0.676. The van der Waals surface area contributed by atoms with Gasteiger partial charge in [-0.2, -0.15) is 0 Å². The third kappa shape index (κ3) is 2.98. The minimum Gasteiger partial charge on any atom is -0.396 e. The van der Waals surface area contributed by atoms with Crippen LogP contribution in [0.25, 0.3) is 0 Å². The van der Waals surface area contributed by atoms with Gasteiger partial charge < -0.3 is 5.11 Å². The minimum atomic E-state index is -0.328. The second-order valence-electron chi connectivity index (χ2n) is 3.23. The Morgan fingerprint density at radius 2 is 2.23 bits per heavy atom. The smallest absolute Gasteiger partial charge is 0.124 e. The summed E-state index contributed by atoms with van der Waals surface area (Å²) < 4.78 is 12.6. The van der Waals surface area contributed by atoms with E-state index in [0.29, 0.717) is 11.4 Å². The molecule has 0 aliphatic rings. The van der Waals surface area contributed by atoms with E-state index >= 15 is 0 Å². The van der Waals surface area contributed by atoms with Gasteiger partial charge in [0.25, 0.3) is 0 Å². The molecule has 1 unspecified atom stereocenters. The van der Waals surface area contributed by atoms with Crippen LogP contribution < -0.4 is 0 Å². The predicted octanol–water partition coefficient (Wildman–Crippen LogP) is 2.65. The standard InChI is InChI=1S/C10H12ClFO/c1-7(6-13)4-8-2-3-9(12)5-10(8)11/h2-3,5,7,13H,4,6H2,1H3. The molecule has 0 fully saturated rings. The van der Waals surface area contributed by atoms with Crippen LogP contribution in [0.15, 0.2) is 18.2 Å². The number of aliphatic hydroxyl groups excluding tert-OH is 1. The lowest BCUT2D eigenvalue weighted by Gasteiger charge is -2.08. The summed E-state index contributed by atoms with van der Waals surface area (Å²) in [6, 6.07) is 4.33. The molecule has 0 heterocycles. The van der Waals surface area contributed by atoms with Crippen molar-refractivity contribution in [3.05, 3.63) is 34.6 Å². The first kappa shape index (κ1) is 10.5. The Morgan fingerprint density at radius 3 is 2.77 bits per heavy atom. The highest BCUT2D eigenvalue weighted by Gasteiger charge is 2.06. The molecule has 1 nitrogen and oxygen atoms in total. The van der Waals surface area contributed by atoms with Crippen LogP contribution in [0.3, 0.4) is 0 Å². The van der Waals surface area contributed by atoms with Crippen LogP contribution in [-0.4, -0.2) is 11.7 Å². The summed E-state index contributed by atoms with van der Waals surface area (Å²) in [5.74, 6) is -0.173. The summed E-state index contributed by atoms with van der Waals surface area (Å²) in [4.78, 5) is 0. The molecule has 0 radical (unpaired) electrons. The lowest BCUT2D eigenvalue weighted by molar-refractivity contribution is 0.237. The Bertz CT molecular complexity index is 288. The zero-order valence-corrected chi connectivity index (χ0v) is 8.18. The maximum absolute atomic E-state index is 12.6. The van der Waals surface area contributed by atoms with Crippen molar-refractivity contribution in [1.82, 2.24) is 0 Å². The second kappa shape index (κ2) is 4.58. The van der Waals surface area contributed by atoms with Gasteiger partial charge in [0.2, 0.25) is 0 Å². The summed E-state index contributed by atoms with van der Waals surface area (Å²) in [5.41, 5.74) is 0.879. The number of rotatable bonds is 3. The first-order chi connectivity index (χ1) is 6.13. The second-order valence-corrected chi connectivity index (χ2v) is 3.63. The highest BCUT2D eigenvalue weighted by atomic mass is 35.5. The van der Waals surface area contributed by atoms with E-state index < -0.39 is 0 Å². The van der Waals surface area contributed by atoms with E-state index in [2.05, 4.69) is 0 Å². The molecule has 1 aromatic carbocycles. The number of hydrogen-bond acceptors (Lipinski definition) is 1. The maximum Gasteiger partial charge on any atom is 0.124 e. The number of halogens is 2. The highest BCUT2D eigenvalue weighted by Crippen LogP contribution is 2.20. The fourth-order valence-electron chi connectivity index (χ4n) is 1.13. The zero-order valence-electron chi connectivity index (χ0n) is 7.43. The van der Waals surface area contributed by atoms with Crippen LogP contribution in [0.4, 0.5) is 4.39 Å². The molecule has 13 heavy (non-hydrogen) atoms. The summed E-state index contributed by atoms with van der Waals surface area (Å²) in [7, 11) is 0. The van der Waals surface area contributed by atoms with Gasteiger partial charge in [-0.05, 0) is 30.0 Å². The number of hydrogen-bond donors (Lipinski definition) is 1. The Balaban J connectivity index is 2.77. The van der Waals surface area contributed by atoms with Crippen molar-refractivity contribution in [1.29, 1.82) is 0 Å². The van der Waals surface area contributed by atoms with Crippen molar-refractivity contribution in [3.8, 4) is 0 Å². The van der Waals surface area contributed by atoms with E-state index in [1.807, 2.05) is 6.92 Å². The van der Waals surface area contributed by atoms with Crippen LogP contribution in [-0.2, 0) is 6.42 Å². The van der Waals surface area contributed by atoms with Crippen LogP contribution in [0.5, 0.6) is 0 Å². The molecule has 0 saturated heterocycles. The molecular formula is C10H12ClFO. The van der Waals surface area contributed by atoms with Crippen molar-refractivity contribution < 1.29 is 9.50 Å². The topological polar surface area (TPSA) is 20.2 Å². The molecule has 3 heteroatoms. The summed E-state index contributed by atoms with van der Waals surface area (Å²) >= 11 is 5.81. The van der Waals surface area contributed by atoms with Crippen molar-refractivity contribution >= 4 is 11.6 Å². The lowest BCUT2D eigenvalue weighted by Crippen LogP contribution is -2.04. The van der Waals surface area contributed by atoms with Crippen LogP contribution in [0.2, 0.25) is 5.02 Å². The van der Waals surface area contributed by atoms with Gasteiger partial charge in [-0.15, -0.1) is 0 Å². The molecular weight excluding hydrogens is 191 g/mol. The van der Waals surface area contributed by atoms with Gasteiger partial charge in [0.15, 0.2) is 0 Å². The van der Waals surface area contributed by atoms with E-state index in [9.17, 15) is 4.39 Å². The fourth-order valence-corrected chi connectivity index (χ4v) is 1.37. The summed E-state index contributed by atoms with van der Waals surface area (Å²) in [6.45, 7) is 2.04. The van der Waals surface area contributed by atoms with E-state index in [4.69, 9.17) is 16.7 Å². The zero-order chi connectivity index (χ0) is 9.84. The molecule has 0 saturated carbocycles. The monoisotopic (exact) mass is 202 g/mol. The molecule has 1 rings (SSSR count). The molecule has 0 aliphatic heterocycles. The fraction of sp³-hybridized carbons (Fsp3) is 0.400. The normalized spacial score (nSPS) is 12.9. The van der Waals surface area contributed by atoms with Crippen molar-refractivity contribution in [3.63, 3.8) is 0 Å². The average molecular weight is 203 g/mol. The Kier molecular flexibility index (Phi) is 3.70. The van der Waals surface area contributed by atoms with Crippen LogP contribution in [0.1, 0.15) is 12.5 Å². The van der Waals surface area contributed by atoms with Gasteiger partial charge in [0.1, 0.15) is 5.82 Å². The molecule has 0 bridgehead atoms. The first-order valence-electron chi connectivity index (χ1n) is 4.18. The molecule has 1 atom stereocenters. The summed E-state index contributed by atoms with van der Waals surface area (Å²) in [5, 5.41) is 9.26. The maximum atomic E-state index is 12.6. The van der Waals surface area contributed by atoms with Gasteiger partial charge in [-0.25, -0.2) is 4.39 Å². The number of benzene rings is 1. The van der Waals surface area contributed by atoms with Crippen LogP contribution in [0, 0.1) is 11.7 Å². The Labute approximate surface area is 82.2 Å². The third-order valence-electron chi connectivity index (χ3n) is 1.90. The molecule has 1 N–H and O–H groups in total. The molecule has 1 aromatic rings. The molecule has 0 aromatic heterocycles.